The van der Waals surface area contributed by atoms with Crippen molar-refractivity contribution >= 4 is 22.9 Å². The van der Waals surface area contributed by atoms with Crippen LogP contribution in [0.3, 0.4) is 0 Å². The van der Waals surface area contributed by atoms with Crippen molar-refractivity contribution in [1.82, 2.24) is 0 Å². The maximum Gasteiger partial charge on any atom is 0.119 e. The van der Waals surface area contributed by atoms with Gasteiger partial charge in [-0.05, 0) is 57.6 Å². The fraction of sp³-hybridized carbons (Fsp3) is 0.0556. The Labute approximate surface area is 221 Å². The Morgan fingerprint density at radius 2 is 1.05 bits per heavy atom. The number of fused-ring (bicyclic) bond motifs is 1. The highest BCUT2D eigenvalue weighted by atomic mass is 16.5. The predicted molar refractivity (Wildman–Crippen MR) is 162 cm³/mol. The average molecular weight is 483 g/mol. The van der Waals surface area contributed by atoms with Gasteiger partial charge in [-0.25, -0.2) is 0 Å². The van der Waals surface area contributed by atoms with Crippen LogP contribution in [0.5, 0.6) is 5.75 Å². The van der Waals surface area contributed by atoms with E-state index in [0.717, 1.165) is 17.7 Å². The monoisotopic (exact) mass is 482 g/mol. The SMILES string of the molecule is C=CCc1ccccc1.C=Cc1ccc(OCc2ccccc2)cc1.C=Cc1ccc2ccccc2c1. The highest BCUT2D eigenvalue weighted by Gasteiger charge is 1.95. The first-order valence-electron chi connectivity index (χ1n) is 12.4. The van der Waals surface area contributed by atoms with Gasteiger partial charge in [0.25, 0.3) is 0 Å². The van der Waals surface area contributed by atoms with E-state index >= 15 is 0 Å². The van der Waals surface area contributed by atoms with Gasteiger partial charge in [-0.15, -0.1) is 6.58 Å². The fourth-order valence-electron chi connectivity index (χ4n) is 3.56. The first-order chi connectivity index (χ1) is 18.2. The van der Waals surface area contributed by atoms with Crippen molar-refractivity contribution in [3.05, 3.63) is 175 Å². The summed E-state index contributed by atoms with van der Waals surface area (Å²) >= 11 is 0. The van der Waals surface area contributed by atoms with Gasteiger partial charge >= 0.3 is 0 Å². The fourth-order valence-corrected chi connectivity index (χ4v) is 3.56. The molecule has 0 aliphatic heterocycles. The van der Waals surface area contributed by atoms with E-state index in [9.17, 15) is 0 Å². The molecule has 37 heavy (non-hydrogen) atoms. The largest absolute Gasteiger partial charge is 0.489 e. The van der Waals surface area contributed by atoms with Crippen molar-refractivity contribution in [3.8, 4) is 5.75 Å². The van der Waals surface area contributed by atoms with E-state index in [1.807, 2.05) is 78.9 Å². The molecule has 0 atom stereocenters. The van der Waals surface area contributed by atoms with E-state index in [0.29, 0.717) is 6.61 Å². The van der Waals surface area contributed by atoms with Crippen molar-refractivity contribution in [2.45, 2.75) is 13.0 Å². The van der Waals surface area contributed by atoms with Gasteiger partial charge in [0.2, 0.25) is 0 Å². The van der Waals surface area contributed by atoms with Gasteiger partial charge in [0, 0.05) is 0 Å². The van der Waals surface area contributed by atoms with Crippen LogP contribution >= 0.6 is 0 Å². The Morgan fingerprint density at radius 3 is 1.65 bits per heavy atom. The Morgan fingerprint density at radius 1 is 0.514 bits per heavy atom. The van der Waals surface area contributed by atoms with Gasteiger partial charge in [-0.2, -0.15) is 0 Å². The Balaban J connectivity index is 0.000000161. The normalized spacial score (nSPS) is 9.62. The van der Waals surface area contributed by atoms with Gasteiger partial charge in [0.1, 0.15) is 12.4 Å². The van der Waals surface area contributed by atoms with Gasteiger partial charge in [0.15, 0.2) is 0 Å². The van der Waals surface area contributed by atoms with Gasteiger partial charge < -0.3 is 4.74 Å². The first kappa shape index (κ1) is 27.0. The lowest BCUT2D eigenvalue weighted by Crippen LogP contribution is -1.94. The Hall–Kier alpha value is -4.62. The third kappa shape index (κ3) is 9.51. The number of hydrogen-bond acceptors (Lipinski definition) is 1. The number of rotatable bonds is 7. The van der Waals surface area contributed by atoms with Crippen LogP contribution in [-0.2, 0) is 13.0 Å². The standard InChI is InChI=1S/C15H14O.C12H10.C9H10/c1-2-13-8-10-15(11-9-13)16-12-14-6-4-3-5-7-14;1-2-10-7-8-11-5-3-4-6-12(11)9-10;1-2-6-9-7-4-3-5-8-9/h2-11H,1,12H2;2-9H,1H2;2-5,7-8H,1,6H2. The molecule has 0 fully saturated rings. The van der Waals surface area contributed by atoms with Crippen LogP contribution < -0.4 is 4.74 Å². The molecule has 5 aromatic rings. The van der Waals surface area contributed by atoms with Crippen LogP contribution in [0.1, 0.15) is 22.3 Å². The summed E-state index contributed by atoms with van der Waals surface area (Å²) in [6.07, 6.45) is 6.57. The summed E-state index contributed by atoms with van der Waals surface area (Å²) in [4.78, 5) is 0. The second-order valence-electron chi connectivity index (χ2n) is 8.34. The lowest BCUT2D eigenvalue weighted by Gasteiger charge is -2.06. The molecular weight excluding hydrogens is 448 g/mol. The molecule has 0 heterocycles. The molecule has 1 heteroatoms. The molecule has 184 valence electrons. The second kappa shape index (κ2) is 15.4. The van der Waals surface area contributed by atoms with E-state index in [4.69, 9.17) is 4.74 Å². The van der Waals surface area contributed by atoms with Gasteiger partial charge in [0.05, 0.1) is 0 Å². The molecule has 0 amide bonds. The van der Waals surface area contributed by atoms with Crippen molar-refractivity contribution in [2.24, 2.45) is 0 Å². The topological polar surface area (TPSA) is 9.23 Å². The van der Waals surface area contributed by atoms with Crippen LogP contribution in [0.15, 0.2) is 153 Å². The number of ether oxygens (including phenoxy) is 1. The minimum absolute atomic E-state index is 0.605. The molecule has 0 aromatic heterocycles. The summed E-state index contributed by atoms with van der Waals surface area (Å²) in [7, 11) is 0. The zero-order valence-corrected chi connectivity index (χ0v) is 21.3. The molecule has 0 saturated heterocycles. The van der Waals surface area contributed by atoms with E-state index < -0.39 is 0 Å². The summed E-state index contributed by atoms with van der Waals surface area (Å²) < 4.78 is 5.66. The quantitative estimate of drug-likeness (QED) is 0.210. The number of allylic oxidation sites excluding steroid dienone is 1. The molecule has 0 bridgehead atoms. The molecule has 0 spiro atoms. The number of hydrogen-bond donors (Lipinski definition) is 0. The summed E-state index contributed by atoms with van der Waals surface area (Å²) in [6.45, 7) is 11.7. The van der Waals surface area contributed by atoms with E-state index in [2.05, 4.69) is 86.5 Å². The molecule has 1 nitrogen and oxygen atoms in total. The summed E-state index contributed by atoms with van der Waals surface area (Å²) in [5.74, 6) is 0.884. The third-order valence-electron chi connectivity index (χ3n) is 5.60. The molecular formula is C36H34O. The van der Waals surface area contributed by atoms with Crippen molar-refractivity contribution in [1.29, 1.82) is 0 Å². The lowest BCUT2D eigenvalue weighted by molar-refractivity contribution is 0.306. The van der Waals surface area contributed by atoms with Crippen LogP contribution in [0.25, 0.3) is 22.9 Å². The Kier molecular flexibility index (Phi) is 11.2. The molecule has 5 rings (SSSR count). The van der Waals surface area contributed by atoms with Crippen molar-refractivity contribution in [3.63, 3.8) is 0 Å². The molecule has 0 radical (unpaired) electrons. The molecule has 0 saturated carbocycles. The van der Waals surface area contributed by atoms with E-state index in [1.54, 1.807) is 0 Å². The van der Waals surface area contributed by atoms with E-state index in [-0.39, 0.29) is 0 Å². The number of benzene rings is 5. The molecule has 5 aromatic carbocycles. The van der Waals surface area contributed by atoms with Crippen LogP contribution in [-0.4, -0.2) is 0 Å². The highest BCUT2D eigenvalue weighted by Crippen LogP contribution is 2.16. The minimum atomic E-state index is 0.605. The maximum atomic E-state index is 5.66. The highest BCUT2D eigenvalue weighted by molar-refractivity contribution is 5.84. The van der Waals surface area contributed by atoms with Crippen molar-refractivity contribution in [2.75, 3.05) is 0 Å². The summed E-state index contributed by atoms with van der Waals surface area (Å²) in [6, 6.07) is 43.0. The minimum Gasteiger partial charge on any atom is -0.489 e. The smallest absolute Gasteiger partial charge is 0.119 e. The zero-order valence-electron chi connectivity index (χ0n) is 21.3. The lowest BCUT2D eigenvalue weighted by atomic mass is 10.1. The second-order valence-corrected chi connectivity index (χ2v) is 8.34. The van der Waals surface area contributed by atoms with Crippen LogP contribution in [0, 0.1) is 0 Å². The Bertz CT molecular complexity index is 1370. The summed E-state index contributed by atoms with van der Waals surface area (Å²) in [5.41, 5.74) is 4.78. The van der Waals surface area contributed by atoms with Crippen LogP contribution in [0.4, 0.5) is 0 Å². The summed E-state index contributed by atoms with van der Waals surface area (Å²) in [5, 5.41) is 2.55. The third-order valence-corrected chi connectivity index (χ3v) is 5.60. The zero-order chi connectivity index (χ0) is 26.1. The molecule has 0 aliphatic carbocycles. The molecule has 0 unspecified atom stereocenters. The molecule has 0 aliphatic rings. The van der Waals surface area contributed by atoms with E-state index in [1.165, 1.54) is 27.5 Å². The maximum absolute atomic E-state index is 5.66. The molecule has 0 N–H and O–H groups in total. The van der Waals surface area contributed by atoms with Crippen molar-refractivity contribution < 1.29 is 4.74 Å². The predicted octanol–water partition coefficient (Wildman–Crippen LogP) is 9.81. The first-order valence-corrected chi connectivity index (χ1v) is 12.4. The average Bonchev–Trinajstić information content (AvgIpc) is 2.98. The van der Waals surface area contributed by atoms with Crippen LogP contribution in [0.2, 0.25) is 0 Å². The van der Waals surface area contributed by atoms with Gasteiger partial charge in [-0.3, -0.25) is 0 Å². The van der Waals surface area contributed by atoms with Gasteiger partial charge in [-0.1, -0.05) is 141 Å².